The van der Waals surface area contributed by atoms with Gasteiger partial charge in [-0.1, -0.05) is 481 Å². The second-order valence-electron chi connectivity index (χ2n) is 39.5. The van der Waals surface area contributed by atoms with E-state index in [1.807, 2.05) is 34.0 Å². The van der Waals surface area contributed by atoms with Crippen molar-refractivity contribution in [3.8, 4) is 145 Å². The summed E-state index contributed by atoms with van der Waals surface area (Å²) in [6.07, 6.45) is 0. The van der Waals surface area contributed by atoms with Gasteiger partial charge in [0.05, 0.1) is 0 Å². The fourth-order valence-corrected chi connectivity index (χ4v) is 26.4. The number of rotatable bonds is 13. The van der Waals surface area contributed by atoms with Gasteiger partial charge in [-0.3, -0.25) is 0 Å². The van der Waals surface area contributed by atoms with Crippen molar-refractivity contribution in [1.82, 2.24) is 0 Å². The zero-order valence-corrected chi connectivity index (χ0v) is 83.8. The van der Waals surface area contributed by atoms with Crippen molar-refractivity contribution in [2.75, 3.05) is 0 Å². The molecule has 25 aromatic carbocycles. The van der Waals surface area contributed by atoms with E-state index < -0.39 is 0 Å². The quantitative estimate of drug-likeness (QED) is 0.101. The van der Waals surface area contributed by atoms with Gasteiger partial charge in [-0.05, 0) is 294 Å². The summed E-state index contributed by atoms with van der Waals surface area (Å²) in [5, 5.41) is 23.3. The van der Waals surface area contributed by atoms with Gasteiger partial charge in [0.2, 0.25) is 0 Å². The first-order valence-corrected chi connectivity index (χ1v) is 52.9. The summed E-state index contributed by atoms with van der Waals surface area (Å²) in [4.78, 5) is 0. The van der Waals surface area contributed by atoms with E-state index in [4.69, 9.17) is 0 Å². The molecule has 0 unspecified atom stereocenters. The van der Waals surface area contributed by atoms with Gasteiger partial charge in [0.15, 0.2) is 0 Å². The highest BCUT2D eigenvalue weighted by molar-refractivity contribution is 7.27. The van der Waals surface area contributed by atoms with E-state index in [0.29, 0.717) is 0 Å². The molecule has 0 saturated heterocycles. The van der Waals surface area contributed by atoms with Gasteiger partial charge in [-0.25, -0.2) is 0 Å². The molecule has 0 spiro atoms. The number of fused-ring (bicyclic) bond motifs is 15. The molecular formula is C143H98S3. The third-order valence-electron chi connectivity index (χ3n) is 29.6. The Balaban J connectivity index is 0.000000111. The summed E-state index contributed by atoms with van der Waals surface area (Å²) in [5.41, 5.74) is 35.2. The maximum Gasteiger partial charge on any atom is 0.0433 e. The molecule has 3 heterocycles. The number of benzene rings is 25. The molecule has 0 amide bonds. The highest BCUT2D eigenvalue weighted by Gasteiger charge is 2.26. The van der Waals surface area contributed by atoms with Gasteiger partial charge in [0.1, 0.15) is 0 Å². The first-order valence-electron chi connectivity index (χ1n) is 50.5. The van der Waals surface area contributed by atoms with Crippen LogP contribution in [0.1, 0.15) is 31.9 Å². The van der Waals surface area contributed by atoms with Crippen LogP contribution in [0.15, 0.2) is 522 Å². The van der Waals surface area contributed by atoms with Crippen LogP contribution in [0.3, 0.4) is 0 Å². The van der Waals surface area contributed by atoms with Crippen molar-refractivity contribution in [2.24, 2.45) is 0 Å². The third kappa shape index (κ3) is 16.2. The highest BCUT2D eigenvalue weighted by Crippen LogP contribution is 2.53. The lowest BCUT2D eigenvalue weighted by molar-refractivity contribution is 0.591. The molecular weight excluding hydrogens is 1810 g/mol. The minimum absolute atomic E-state index is 0.0407. The molecule has 3 heteroatoms. The zero-order valence-electron chi connectivity index (χ0n) is 81.4. The number of hydrogen-bond acceptors (Lipinski definition) is 3. The van der Waals surface area contributed by atoms with Crippen molar-refractivity contribution in [1.29, 1.82) is 0 Å². The van der Waals surface area contributed by atoms with Gasteiger partial charge in [-0.15, -0.1) is 34.0 Å². The van der Waals surface area contributed by atoms with Crippen LogP contribution in [-0.2, 0) is 5.41 Å². The van der Waals surface area contributed by atoms with Crippen molar-refractivity contribution >= 4 is 159 Å². The lowest BCUT2D eigenvalue weighted by atomic mass is 9.81. The summed E-state index contributed by atoms with van der Waals surface area (Å²) < 4.78 is 8.03. The minimum Gasteiger partial charge on any atom is -0.135 e. The molecule has 28 rings (SSSR count). The first-order chi connectivity index (χ1) is 72.0. The van der Waals surface area contributed by atoms with Crippen molar-refractivity contribution < 1.29 is 0 Å². The van der Waals surface area contributed by atoms with Gasteiger partial charge < -0.3 is 0 Å². The second-order valence-corrected chi connectivity index (χ2v) is 42.7. The van der Waals surface area contributed by atoms with Crippen LogP contribution in [0.25, 0.3) is 270 Å². The Morgan fingerprint density at radius 1 is 0.137 bits per heavy atom. The fourth-order valence-electron chi connectivity index (χ4n) is 22.7. The monoisotopic (exact) mass is 1910 g/mol. The number of hydrogen-bond donors (Lipinski definition) is 0. The third-order valence-corrected chi connectivity index (χ3v) is 33.2. The Labute approximate surface area is 862 Å². The van der Waals surface area contributed by atoms with Crippen LogP contribution in [-0.4, -0.2) is 0 Å². The van der Waals surface area contributed by atoms with Crippen molar-refractivity contribution in [3.05, 3.63) is 533 Å². The van der Waals surface area contributed by atoms with Gasteiger partial charge >= 0.3 is 0 Å². The molecule has 0 fully saturated rings. The number of thiophene rings is 3. The van der Waals surface area contributed by atoms with E-state index in [1.54, 1.807) is 0 Å². The van der Waals surface area contributed by atoms with E-state index in [2.05, 4.69) is 549 Å². The van der Waals surface area contributed by atoms with E-state index in [0.717, 1.165) is 0 Å². The Morgan fingerprint density at radius 2 is 0.356 bits per heavy atom. The maximum absolute atomic E-state index is 2.44. The Bertz CT molecular complexity index is 9950. The predicted molar refractivity (Wildman–Crippen MR) is 637 cm³/mol. The highest BCUT2D eigenvalue weighted by atomic mass is 32.1. The first kappa shape index (κ1) is 88.9. The molecule has 0 N–H and O–H groups in total. The lowest BCUT2D eigenvalue weighted by Crippen LogP contribution is -2.10. The smallest absolute Gasteiger partial charge is 0.0433 e. The van der Waals surface area contributed by atoms with E-state index in [1.165, 1.54) is 281 Å². The normalized spacial score (nSPS) is 11.7. The summed E-state index contributed by atoms with van der Waals surface area (Å²) in [5.74, 6) is 0. The van der Waals surface area contributed by atoms with Crippen molar-refractivity contribution in [2.45, 2.75) is 33.1 Å². The average molecular weight is 1910 g/mol. The molecule has 0 atom stereocenters. The maximum atomic E-state index is 2.44. The van der Waals surface area contributed by atoms with Crippen LogP contribution in [0.5, 0.6) is 0 Å². The topological polar surface area (TPSA) is 0 Å². The van der Waals surface area contributed by atoms with Gasteiger partial charge in [0.25, 0.3) is 0 Å². The molecule has 0 aliphatic rings. The molecule has 0 radical (unpaired) electrons. The Hall–Kier alpha value is -17.3. The molecule has 3 aromatic heterocycles. The second kappa shape index (κ2) is 37.5. The summed E-state index contributed by atoms with van der Waals surface area (Å²) in [6.45, 7) is 9.10. The SMILES string of the molecule is CC(C)(C)c1ccc2c(-c3ccccc3)c3cc(-c4cccc(-c5cccc6c5sc5ccccc56)c4)ccc3c(-c3ccccc3)c2c1.Cc1ccc2c(-c3ccccc3)c3cc(-c4cccc(-c5cccc6c5sc5ccccc56)c4)ccc3c(-c3ccccc3)c2c1.c1ccc(-c2cccc(-c3c4ccccc4c(-c4ccccc4)c4cc(-c5cccc(-c6cccc7c6sc6ccccc67)c5)ccc34)c2)cc1. The Morgan fingerprint density at radius 3 is 0.692 bits per heavy atom. The minimum atomic E-state index is 0.0407. The molecule has 0 aliphatic carbocycles. The molecule has 0 aliphatic heterocycles. The standard InChI is InChI=1S/C50H32S.C48H36S.C45H30S/c1-3-14-33(15-4-1)35-18-12-21-39(31-35)49-43-24-8-7-23-42(43)48(34-16-5-2-6-17-34)46-32-37(28-29-44(46)49)36-19-11-20-38(30-36)40-25-13-26-45-41-22-9-10-27-47(41)51-50(40)45;1-48(2,3)36-25-27-40-43(30-36)46(32-16-8-5-9-17-32)39-26-24-34(29-42(39)45(40)31-14-6-4-7-15-31)33-18-12-19-35(28-33)37-21-13-22-41-38-20-10-11-23-44(38)49-47(37)41;1-29-22-24-37-40(26-29)43(30-12-4-2-5-13-30)38-25-23-33(28-41(38)44(37)31-14-6-3-7-15-31)32-16-10-17-34(27-32)35-19-11-20-39-36-18-8-9-21-42(36)46-45(35)39/h1-32H;4-30H,1-3H3;2-28H,1H3. The fraction of sp³-hybridized carbons (Fsp3) is 0.0350. The molecule has 0 saturated carbocycles. The Kier molecular flexibility index (Phi) is 22.9. The van der Waals surface area contributed by atoms with Crippen molar-refractivity contribution in [3.63, 3.8) is 0 Å². The van der Waals surface area contributed by atoms with Crippen LogP contribution >= 0.6 is 34.0 Å². The predicted octanol–water partition coefficient (Wildman–Crippen LogP) is 42.4. The summed E-state index contributed by atoms with van der Waals surface area (Å²) >= 11 is 5.66. The average Bonchev–Trinajstić information content (AvgIpc) is 1.11. The largest absolute Gasteiger partial charge is 0.135 e. The molecule has 688 valence electrons. The molecule has 146 heavy (non-hydrogen) atoms. The zero-order chi connectivity index (χ0) is 97.5. The van der Waals surface area contributed by atoms with Crippen LogP contribution in [0.2, 0.25) is 0 Å². The van der Waals surface area contributed by atoms with Gasteiger partial charge in [-0.2, -0.15) is 0 Å². The van der Waals surface area contributed by atoms with E-state index in [9.17, 15) is 0 Å². The molecule has 0 bridgehead atoms. The van der Waals surface area contributed by atoms with Gasteiger partial charge in [0, 0.05) is 60.5 Å². The molecule has 0 nitrogen and oxygen atoms in total. The summed E-state index contributed by atoms with van der Waals surface area (Å²) in [7, 11) is 0. The summed E-state index contributed by atoms with van der Waals surface area (Å²) in [6, 6.07) is 192. The van der Waals surface area contributed by atoms with E-state index in [-0.39, 0.29) is 5.41 Å². The van der Waals surface area contributed by atoms with Crippen LogP contribution in [0, 0.1) is 6.92 Å². The molecule has 28 aromatic rings. The number of aryl methyl sites for hydroxylation is 1. The lowest BCUT2D eigenvalue weighted by Gasteiger charge is -2.23. The van der Waals surface area contributed by atoms with Crippen LogP contribution < -0.4 is 0 Å². The van der Waals surface area contributed by atoms with E-state index >= 15 is 0 Å². The van der Waals surface area contributed by atoms with Crippen LogP contribution in [0.4, 0.5) is 0 Å².